The van der Waals surface area contributed by atoms with Gasteiger partial charge in [-0.15, -0.1) is 11.8 Å². The van der Waals surface area contributed by atoms with E-state index in [0.29, 0.717) is 0 Å². The lowest BCUT2D eigenvalue weighted by Gasteiger charge is -2.16. The number of benzene rings is 1. The van der Waals surface area contributed by atoms with Crippen molar-refractivity contribution in [2.45, 2.75) is 24.3 Å². The first-order chi connectivity index (χ1) is 7.90. The minimum absolute atomic E-state index is 0.986. The third-order valence-corrected chi connectivity index (χ3v) is 4.06. The van der Waals surface area contributed by atoms with E-state index in [1.165, 1.54) is 29.1 Å². The van der Waals surface area contributed by atoms with Gasteiger partial charge in [-0.2, -0.15) is 0 Å². The van der Waals surface area contributed by atoms with Gasteiger partial charge in [0.1, 0.15) is 0 Å². The van der Waals surface area contributed by atoms with Crippen LogP contribution in [0.2, 0.25) is 0 Å². The molecule has 2 rings (SSSR count). The van der Waals surface area contributed by atoms with Crippen LogP contribution in [0, 0.1) is 0 Å². The van der Waals surface area contributed by atoms with Gasteiger partial charge in [0, 0.05) is 24.5 Å². The second-order valence-electron chi connectivity index (χ2n) is 4.17. The summed E-state index contributed by atoms with van der Waals surface area (Å²) >= 11 is 2.00. The van der Waals surface area contributed by atoms with Crippen LogP contribution in [-0.4, -0.2) is 25.9 Å². The molecule has 0 atom stereocenters. The molecule has 2 N–H and O–H groups in total. The van der Waals surface area contributed by atoms with E-state index in [1.54, 1.807) is 5.56 Å². The Balaban J connectivity index is 1.90. The second kappa shape index (κ2) is 6.28. The number of nitrogens with one attached hydrogen (secondary N) is 2. The molecule has 0 saturated heterocycles. The van der Waals surface area contributed by atoms with Crippen LogP contribution >= 0.6 is 11.8 Å². The summed E-state index contributed by atoms with van der Waals surface area (Å²) in [7, 11) is 1.98. The first-order valence-corrected chi connectivity index (χ1v) is 6.98. The van der Waals surface area contributed by atoms with Gasteiger partial charge >= 0.3 is 0 Å². The van der Waals surface area contributed by atoms with E-state index in [2.05, 4.69) is 28.8 Å². The molecule has 0 saturated carbocycles. The van der Waals surface area contributed by atoms with Gasteiger partial charge in [0.2, 0.25) is 0 Å². The van der Waals surface area contributed by atoms with E-state index in [0.717, 1.165) is 19.6 Å². The van der Waals surface area contributed by atoms with E-state index >= 15 is 0 Å². The number of aryl methyl sites for hydroxylation is 1. The third kappa shape index (κ3) is 3.24. The molecule has 1 heterocycles. The van der Waals surface area contributed by atoms with Gasteiger partial charge in [0.25, 0.3) is 0 Å². The van der Waals surface area contributed by atoms with Crippen molar-refractivity contribution in [1.29, 1.82) is 0 Å². The summed E-state index contributed by atoms with van der Waals surface area (Å²) in [5.74, 6) is 1.28. The van der Waals surface area contributed by atoms with Crippen molar-refractivity contribution in [1.82, 2.24) is 10.6 Å². The van der Waals surface area contributed by atoms with Crippen molar-refractivity contribution in [2.24, 2.45) is 0 Å². The Hall–Kier alpha value is -0.510. The summed E-state index contributed by atoms with van der Waals surface area (Å²) in [6.45, 7) is 3.04. The van der Waals surface area contributed by atoms with Crippen molar-refractivity contribution in [3.05, 3.63) is 29.3 Å². The number of hydrogen-bond donors (Lipinski definition) is 2. The molecule has 0 aliphatic carbocycles. The zero-order valence-corrected chi connectivity index (χ0v) is 10.7. The molecule has 0 bridgehead atoms. The van der Waals surface area contributed by atoms with E-state index in [1.807, 2.05) is 18.8 Å². The summed E-state index contributed by atoms with van der Waals surface area (Å²) in [5.41, 5.74) is 2.96. The first-order valence-electron chi connectivity index (χ1n) is 6.00. The quantitative estimate of drug-likeness (QED) is 0.765. The molecule has 0 radical (unpaired) electrons. The molecule has 0 unspecified atom stereocenters. The van der Waals surface area contributed by atoms with Crippen LogP contribution in [-0.2, 0) is 13.0 Å². The smallest absolute Gasteiger partial charge is 0.0206 e. The van der Waals surface area contributed by atoms with Crippen LogP contribution in [0.4, 0.5) is 0 Å². The van der Waals surface area contributed by atoms with Crippen molar-refractivity contribution >= 4 is 11.8 Å². The fourth-order valence-corrected chi connectivity index (χ4v) is 2.99. The molecule has 1 aromatic rings. The molecular formula is C13H20N2S. The van der Waals surface area contributed by atoms with E-state index in [4.69, 9.17) is 0 Å². The average molecular weight is 236 g/mol. The van der Waals surface area contributed by atoms with Gasteiger partial charge in [-0.05, 0) is 42.8 Å². The van der Waals surface area contributed by atoms with Gasteiger partial charge < -0.3 is 10.6 Å². The maximum absolute atomic E-state index is 3.44. The van der Waals surface area contributed by atoms with Crippen molar-refractivity contribution in [3.8, 4) is 0 Å². The summed E-state index contributed by atoms with van der Waals surface area (Å²) in [5, 5.41) is 6.58. The zero-order valence-electron chi connectivity index (χ0n) is 9.88. The van der Waals surface area contributed by atoms with Crippen LogP contribution in [0.3, 0.4) is 0 Å². The summed E-state index contributed by atoms with van der Waals surface area (Å²) in [6, 6.07) is 6.91. The molecule has 88 valence electrons. The topological polar surface area (TPSA) is 24.1 Å². The maximum Gasteiger partial charge on any atom is 0.0206 e. The molecule has 1 aromatic carbocycles. The highest BCUT2D eigenvalue weighted by Crippen LogP contribution is 2.30. The fourth-order valence-electron chi connectivity index (χ4n) is 1.97. The molecule has 0 aromatic heterocycles. The van der Waals surface area contributed by atoms with Gasteiger partial charge in [-0.25, -0.2) is 0 Å². The van der Waals surface area contributed by atoms with Crippen LogP contribution in [0.15, 0.2) is 23.1 Å². The lowest BCUT2D eigenvalue weighted by molar-refractivity contribution is 0.650. The Bertz CT molecular complexity index is 339. The Kier molecular flexibility index (Phi) is 4.69. The lowest BCUT2D eigenvalue weighted by atomic mass is 10.1. The number of fused-ring (bicyclic) bond motifs is 1. The Morgan fingerprint density at radius 2 is 2.25 bits per heavy atom. The summed E-state index contributed by atoms with van der Waals surface area (Å²) in [4.78, 5) is 1.49. The summed E-state index contributed by atoms with van der Waals surface area (Å²) < 4.78 is 0. The molecule has 0 amide bonds. The normalized spacial score (nSPS) is 14.8. The number of hydrogen-bond acceptors (Lipinski definition) is 3. The molecule has 2 nitrogen and oxygen atoms in total. The highest BCUT2D eigenvalue weighted by Gasteiger charge is 2.09. The fraction of sp³-hybridized carbons (Fsp3) is 0.538. The summed E-state index contributed by atoms with van der Waals surface area (Å²) in [6.07, 6.45) is 2.58. The molecular weight excluding hydrogens is 216 g/mol. The SMILES string of the molecule is CNCCNCc1ccc2c(c1)CCCS2. The van der Waals surface area contributed by atoms with Crippen molar-refractivity contribution in [3.63, 3.8) is 0 Å². The van der Waals surface area contributed by atoms with Crippen LogP contribution < -0.4 is 10.6 Å². The predicted molar refractivity (Wildman–Crippen MR) is 71.1 cm³/mol. The van der Waals surface area contributed by atoms with Gasteiger partial charge in [-0.3, -0.25) is 0 Å². The number of likely N-dealkylation sites (N-methyl/N-ethyl adjacent to an activating group) is 1. The number of thioether (sulfide) groups is 1. The zero-order chi connectivity index (χ0) is 11.2. The Labute approximate surface area is 102 Å². The molecule has 3 heteroatoms. The highest BCUT2D eigenvalue weighted by molar-refractivity contribution is 7.99. The van der Waals surface area contributed by atoms with E-state index in [9.17, 15) is 0 Å². The Morgan fingerprint density at radius 3 is 3.12 bits per heavy atom. The predicted octanol–water partition coefficient (Wildman–Crippen LogP) is 2.03. The van der Waals surface area contributed by atoms with Crippen LogP contribution in [0.5, 0.6) is 0 Å². The van der Waals surface area contributed by atoms with E-state index < -0.39 is 0 Å². The molecule has 1 aliphatic rings. The van der Waals surface area contributed by atoms with Crippen molar-refractivity contribution in [2.75, 3.05) is 25.9 Å². The van der Waals surface area contributed by atoms with Gasteiger partial charge in [-0.1, -0.05) is 12.1 Å². The van der Waals surface area contributed by atoms with E-state index in [-0.39, 0.29) is 0 Å². The standard InChI is InChI=1S/C13H20N2S/c1-14-6-7-15-10-11-4-5-13-12(9-11)3-2-8-16-13/h4-5,9,14-15H,2-3,6-8,10H2,1H3. The highest BCUT2D eigenvalue weighted by atomic mass is 32.2. The maximum atomic E-state index is 3.44. The van der Waals surface area contributed by atoms with Crippen LogP contribution in [0.25, 0.3) is 0 Å². The van der Waals surface area contributed by atoms with Crippen LogP contribution in [0.1, 0.15) is 17.5 Å². The molecule has 0 spiro atoms. The third-order valence-electron chi connectivity index (χ3n) is 2.85. The molecule has 0 fully saturated rings. The average Bonchev–Trinajstić information content (AvgIpc) is 2.34. The minimum atomic E-state index is 0.986. The number of rotatable bonds is 5. The van der Waals surface area contributed by atoms with Gasteiger partial charge in [0.15, 0.2) is 0 Å². The monoisotopic (exact) mass is 236 g/mol. The van der Waals surface area contributed by atoms with Crippen molar-refractivity contribution < 1.29 is 0 Å². The Morgan fingerprint density at radius 1 is 1.31 bits per heavy atom. The molecule has 16 heavy (non-hydrogen) atoms. The second-order valence-corrected chi connectivity index (χ2v) is 5.31. The molecule has 1 aliphatic heterocycles. The van der Waals surface area contributed by atoms with Gasteiger partial charge in [0.05, 0.1) is 0 Å². The lowest BCUT2D eigenvalue weighted by Crippen LogP contribution is -2.24. The minimum Gasteiger partial charge on any atom is -0.318 e. The largest absolute Gasteiger partial charge is 0.318 e. The first kappa shape index (κ1) is 12.0.